The summed E-state index contributed by atoms with van der Waals surface area (Å²) < 4.78 is 13.9. The number of carbonyl (C=O) groups excluding carboxylic acids is 1. The van der Waals surface area contributed by atoms with Crippen molar-refractivity contribution < 1.29 is 19.4 Å². The number of aromatic nitrogens is 1. The van der Waals surface area contributed by atoms with Crippen LogP contribution >= 0.6 is 0 Å². The number of phenols is 2. The van der Waals surface area contributed by atoms with Crippen molar-refractivity contribution >= 4 is 5.78 Å². The van der Waals surface area contributed by atoms with E-state index in [-0.39, 0.29) is 34.2 Å². The third kappa shape index (κ3) is 3.03. The van der Waals surface area contributed by atoms with Crippen molar-refractivity contribution in [1.29, 1.82) is 0 Å². The van der Waals surface area contributed by atoms with Crippen molar-refractivity contribution in [2.45, 2.75) is 0 Å². The van der Waals surface area contributed by atoms with Crippen LogP contribution in [0.15, 0.2) is 60.7 Å². The van der Waals surface area contributed by atoms with Crippen LogP contribution < -0.4 is 0 Å². The van der Waals surface area contributed by atoms with Gasteiger partial charge in [-0.1, -0.05) is 18.2 Å². The average Bonchev–Trinajstić information content (AvgIpc) is 2.54. The molecule has 0 unspecified atom stereocenters. The Balaban J connectivity index is 2.01. The molecule has 0 bridgehead atoms. The van der Waals surface area contributed by atoms with E-state index < -0.39 is 5.82 Å². The van der Waals surface area contributed by atoms with Crippen LogP contribution in [0.25, 0.3) is 11.3 Å². The quantitative estimate of drug-likeness (QED) is 0.726. The van der Waals surface area contributed by atoms with Gasteiger partial charge in [-0.25, -0.2) is 9.37 Å². The Labute approximate surface area is 131 Å². The molecule has 0 spiro atoms. The van der Waals surface area contributed by atoms with Crippen molar-refractivity contribution in [1.82, 2.24) is 4.98 Å². The van der Waals surface area contributed by atoms with Crippen LogP contribution in [-0.2, 0) is 0 Å². The lowest BCUT2D eigenvalue weighted by molar-refractivity contribution is 0.103. The van der Waals surface area contributed by atoms with E-state index in [2.05, 4.69) is 4.98 Å². The van der Waals surface area contributed by atoms with Crippen molar-refractivity contribution in [2.75, 3.05) is 0 Å². The molecule has 4 nitrogen and oxygen atoms in total. The molecule has 0 saturated heterocycles. The van der Waals surface area contributed by atoms with E-state index in [1.807, 2.05) is 0 Å². The molecule has 0 aliphatic carbocycles. The predicted molar refractivity (Wildman–Crippen MR) is 82.8 cm³/mol. The van der Waals surface area contributed by atoms with Crippen LogP contribution in [0.5, 0.6) is 11.5 Å². The van der Waals surface area contributed by atoms with Gasteiger partial charge in [-0.3, -0.25) is 4.79 Å². The minimum atomic E-state index is -0.626. The highest BCUT2D eigenvalue weighted by Crippen LogP contribution is 2.25. The second kappa shape index (κ2) is 5.88. The maximum absolute atomic E-state index is 13.9. The maximum Gasteiger partial charge on any atom is 0.211 e. The predicted octanol–water partition coefficient (Wildman–Crippen LogP) is 3.53. The summed E-state index contributed by atoms with van der Waals surface area (Å²) in [6, 6.07) is 14.4. The molecule has 0 aliphatic rings. The fourth-order valence-corrected chi connectivity index (χ4v) is 2.22. The molecule has 0 saturated carbocycles. The highest BCUT2D eigenvalue weighted by atomic mass is 19.1. The summed E-state index contributed by atoms with van der Waals surface area (Å²) in [6.45, 7) is 0. The third-order valence-corrected chi connectivity index (χ3v) is 3.32. The molecule has 0 atom stereocenters. The minimum absolute atomic E-state index is 0.0171. The van der Waals surface area contributed by atoms with Crippen molar-refractivity contribution in [3.63, 3.8) is 0 Å². The minimum Gasteiger partial charge on any atom is -0.508 e. The van der Waals surface area contributed by atoms with Crippen molar-refractivity contribution in [3.05, 3.63) is 77.7 Å². The van der Waals surface area contributed by atoms with Gasteiger partial charge in [-0.05, 0) is 36.4 Å². The zero-order valence-electron chi connectivity index (χ0n) is 11.9. The molecule has 23 heavy (non-hydrogen) atoms. The number of hydrogen-bond acceptors (Lipinski definition) is 4. The molecule has 0 amide bonds. The van der Waals surface area contributed by atoms with E-state index >= 15 is 0 Å². The first-order chi connectivity index (χ1) is 11.0. The Kier molecular flexibility index (Phi) is 3.76. The Bertz CT molecular complexity index is 893. The number of nitrogens with zero attached hydrogens (tertiary/aromatic N) is 1. The molecule has 1 aromatic heterocycles. The number of pyridine rings is 1. The molecular weight excluding hydrogens is 297 g/mol. The summed E-state index contributed by atoms with van der Waals surface area (Å²) in [5.41, 5.74) is 0.906. The van der Waals surface area contributed by atoms with E-state index in [0.29, 0.717) is 5.56 Å². The molecule has 0 aliphatic heterocycles. The van der Waals surface area contributed by atoms with Crippen LogP contribution in [0, 0.1) is 5.82 Å². The van der Waals surface area contributed by atoms with Gasteiger partial charge in [0, 0.05) is 17.2 Å². The molecule has 114 valence electrons. The summed E-state index contributed by atoms with van der Waals surface area (Å²) in [7, 11) is 0. The first-order valence-electron chi connectivity index (χ1n) is 6.84. The molecule has 3 rings (SSSR count). The summed E-state index contributed by atoms with van der Waals surface area (Å²) in [4.78, 5) is 16.6. The summed E-state index contributed by atoms with van der Waals surface area (Å²) in [6.07, 6.45) is 0. The van der Waals surface area contributed by atoms with E-state index in [9.17, 15) is 19.4 Å². The largest absolute Gasteiger partial charge is 0.508 e. The number of carbonyl (C=O) groups is 1. The average molecular weight is 309 g/mol. The Morgan fingerprint density at radius 1 is 0.913 bits per heavy atom. The summed E-state index contributed by atoms with van der Waals surface area (Å²) >= 11 is 0. The number of phenolic OH excluding ortho intramolecular Hbond substituents is 2. The van der Waals surface area contributed by atoms with Gasteiger partial charge in [0.05, 0.1) is 5.69 Å². The molecule has 1 heterocycles. The zero-order valence-corrected chi connectivity index (χ0v) is 11.9. The summed E-state index contributed by atoms with van der Waals surface area (Å²) in [5.74, 6) is -1.20. The van der Waals surface area contributed by atoms with Crippen LogP contribution in [0.2, 0.25) is 0 Å². The van der Waals surface area contributed by atoms with Gasteiger partial charge in [0.1, 0.15) is 23.0 Å². The fourth-order valence-electron chi connectivity index (χ4n) is 2.22. The molecule has 5 heteroatoms. The molecule has 2 N–H and O–H groups in total. The van der Waals surface area contributed by atoms with Crippen molar-refractivity contribution in [2.24, 2.45) is 0 Å². The first kappa shape index (κ1) is 14.7. The van der Waals surface area contributed by atoms with Gasteiger partial charge >= 0.3 is 0 Å². The third-order valence-electron chi connectivity index (χ3n) is 3.32. The topological polar surface area (TPSA) is 70.4 Å². The lowest BCUT2D eigenvalue weighted by atomic mass is 10.1. The highest BCUT2D eigenvalue weighted by Gasteiger charge is 2.14. The number of aromatic hydroxyl groups is 2. The number of benzene rings is 2. The first-order valence-corrected chi connectivity index (χ1v) is 6.84. The fraction of sp³-hybridized carbons (Fsp3) is 0. The SMILES string of the molecule is O=C(c1cccc(O)c1)c1cccc(-c2ccc(O)cc2F)n1. The van der Waals surface area contributed by atoms with Gasteiger partial charge in [-0.2, -0.15) is 0 Å². The smallest absolute Gasteiger partial charge is 0.211 e. The molecule has 0 radical (unpaired) electrons. The molecule has 2 aromatic carbocycles. The molecular formula is C18H12FNO3. The van der Waals surface area contributed by atoms with Crippen LogP contribution in [0.1, 0.15) is 16.1 Å². The maximum atomic E-state index is 13.9. The highest BCUT2D eigenvalue weighted by molar-refractivity contribution is 6.08. The summed E-state index contributed by atoms with van der Waals surface area (Å²) in [5, 5.41) is 18.7. The number of ketones is 1. The van der Waals surface area contributed by atoms with Gasteiger partial charge in [-0.15, -0.1) is 0 Å². The van der Waals surface area contributed by atoms with Crippen LogP contribution in [0.4, 0.5) is 4.39 Å². The van der Waals surface area contributed by atoms with E-state index in [4.69, 9.17) is 0 Å². The van der Waals surface area contributed by atoms with Gasteiger partial charge in [0.25, 0.3) is 0 Å². The monoisotopic (exact) mass is 309 g/mol. The normalized spacial score (nSPS) is 10.5. The Morgan fingerprint density at radius 2 is 1.65 bits per heavy atom. The van der Waals surface area contributed by atoms with Gasteiger partial charge < -0.3 is 10.2 Å². The lowest BCUT2D eigenvalue weighted by Gasteiger charge is -2.06. The Morgan fingerprint density at radius 3 is 2.39 bits per heavy atom. The van der Waals surface area contributed by atoms with Crippen LogP contribution in [0.3, 0.4) is 0 Å². The molecule has 0 fully saturated rings. The van der Waals surface area contributed by atoms with Crippen LogP contribution in [-0.4, -0.2) is 21.0 Å². The second-order valence-corrected chi connectivity index (χ2v) is 4.95. The van der Waals surface area contributed by atoms with Crippen molar-refractivity contribution in [3.8, 4) is 22.8 Å². The van der Waals surface area contributed by atoms with Gasteiger partial charge in [0.15, 0.2) is 0 Å². The second-order valence-electron chi connectivity index (χ2n) is 4.95. The number of rotatable bonds is 3. The number of hydrogen-bond donors (Lipinski definition) is 2. The van der Waals surface area contributed by atoms with E-state index in [0.717, 1.165) is 6.07 Å². The lowest BCUT2D eigenvalue weighted by Crippen LogP contribution is -2.04. The number of halogens is 1. The standard InChI is InChI=1S/C18H12FNO3/c19-15-10-13(22)7-8-14(15)16-5-2-6-17(20-16)18(23)11-3-1-4-12(21)9-11/h1-10,21-22H. The van der Waals surface area contributed by atoms with Gasteiger partial charge in [0.2, 0.25) is 5.78 Å². The molecule has 3 aromatic rings. The van der Waals surface area contributed by atoms with E-state index in [1.54, 1.807) is 24.3 Å². The van der Waals surface area contributed by atoms with E-state index in [1.165, 1.54) is 30.3 Å². The Hall–Kier alpha value is -3.21. The zero-order chi connectivity index (χ0) is 16.4.